The predicted octanol–water partition coefficient (Wildman–Crippen LogP) is 3.39. The summed E-state index contributed by atoms with van der Waals surface area (Å²) in [5.74, 6) is -0.0148. The molecule has 2 aliphatic heterocycles. The second-order valence-electron chi connectivity index (χ2n) is 8.34. The van der Waals surface area contributed by atoms with Crippen molar-refractivity contribution in [2.45, 2.75) is 31.7 Å². The minimum absolute atomic E-state index is 0.00548. The van der Waals surface area contributed by atoms with Gasteiger partial charge < -0.3 is 14.8 Å². The van der Waals surface area contributed by atoms with Crippen LogP contribution in [-0.4, -0.2) is 46.7 Å². The zero-order valence-corrected chi connectivity index (χ0v) is 17.0. The Hall–Kier alpha value is -3.08. The molecular weight excluding hydrogens is 362 g/mol. The van der Waals surface area contributed by atoms with Gasteiger partial charge in [-0.15, -0.1) is 0 Å². The molecule has 2 aromatic carbocycles. The molecule has 1 N–H and O–H groups in total. The highest BCUT2D eigenvalue weighted by Crippen LogP contribution is 2.47. The van der Waals surface area contributed by atoms with Gasteiger partial charge in [-0.25, -0.2) is 0 Å². The third kappa shape index (κ3) is 2.40. The number of para-hydroxylation sites is 1. The van der Waals surface area contributed by atoms with Gasteiger partial charge in [0.25, 0.3) is 5.91 Å². The molecule has 0 spiro atoms. The van der Waals surface area contributed by atoms with Crippen molar-refractivity contribution in [2.75, 3.05) is 20.1 Å². The number of rotatable bonds is 2. The van der Waals surface area contributed by atoms with Crippen molar-refractivity contribution in [3.63, 3.8) is 0 Å². The SMILES string of the molecule is CCc1ccc([C@@H]2CN3C(=O)CN(C)C(=O)[C@]3(C)c3[nH]c4ccccc4c32)cc1. The molecule has 1 aromatic heterocycles. The van der Waals surface area contributed by atoms with E-state index in [9.17, 15) is 9.59 Å². The number of aryl methyl sites for hydroxylation is 1. The average Bonchev–Trinajstić information content (AvgIpc) is 3.13. The van der Waals surface area contributed by atoms with E-state index in [2.05, 4.69) is 42.2 Å². The van der Waals surface area contributed by atoms with Crippen molar-refractivity contribution >= 4 is 22.7 Å². The molecule has 0 radical (unpaired) electrons. The molecule has 5 heteroatoms. The number of benzene rings is 2. The van der Waals surface area contributed by atoms with E-state index in [0.717, 1.165) is 28.6 Å². The fraction of sp³-hybridized carbons (Fsp3) is 0.333. The van der Waals surface area contributed by atoms with Crippen molar-refractivity contribution < 1.29 is 9.59 Å². The normalized spacial score (nSPS) is 24.0. The molecule has 0 unspecified atom stereocenters. The number of hydrogen-bond donors (Lipinski definition) is 1. The molecule has 1 saturated heterocycles. The van der Waals surface area contributed by atoms with Crippen LogP contribution in [0.25, 0.3) is 10.9 Å². The van der Waals surface area contributed by atoms with Crippen LogP contribution >= 0.6 is 0 Å². The summed E-state index contributed by atoms with van der Waals surface area (Å²) < 4.78 is 0. The zero-order chi connectivity index (χ0) is 20.3. The predicted molar refractivity (Wildman–Crippen MR) is 113 cm³/mol. The quantitative estimate of drug-likeness (QED) is 0.733. The van der Waals surface area contributed by atoms with Crippen molar-refractivity contribution in [1.29, 1.82) is 0 Å². The lowest BCUT2D eigenvalue weighted by molar-refractivity contribution is -0.164. The van der Waals surface area contributed by atoms with Crippen molar-refractivity contribution in [1.82, 2.24) is 14.8 Å². The number of amides is 2. The highest BCUT2D eigenvalue weighted by Gasteiger charge is 2.55. The largest absolute Gasteiger partial charge is 0.356 e. The first-order chi connectivity index (χ1) is 13.9. The second-order valence-corrected chi connectivity index (χ2v) is 8.34. The summed E-state index contributed by atoms with van der Waals surface area (Å²) in [4.78, 5) is 33.2. The van der Waals surface area contributed by atoms with Gasteiger partial charge in [0, 0.05) is 30.4 Å². The Kier molecular flexibility index (Phi) is 3.85. The monoisotopic (exact) mass is 387 g/mol. The minimum atomic E-state index is -1.00. The van der Waals surface area contributed by atoms with Gasteiger partial charge in [0.1, 0.15) is 0 Å². The fourth-order valence-electron chi connectivity index (χ4n) is 5.06. The van der Waals surface area contributed by atoms with Gasteiger partial charge in [0.05, 0.1) is 12.2 Å². The van der Waals surface area contributed by atoms with E-state index in [1.165, 1.54) is 11.1 Å². The lowest BCUT2D eigenvalue weighted by Gasteiger charge is -2.50. The summed E-state index contributed by atoms with van der Waals surface area (Å²) in [6.45, 7) is 4.67. The number of carbonyl (C=O) groups excluding carboxylic acids is 2. The van der Waals surface area contributed by atoms with Crippen LogP contribution in [0.1, 0.15) is 42.1 Å². The van der Waals surface area contributed by atoms with E-state index in [-0.39, 0.29) is 24.3 Å². The molecule has 2 aliphatic rings. The number of hydrogen-bond acceptors (Lipinski definition) is 2. The number of likely N-dealkylation sites (N-methyl/N-ethyl adjacent to an activating group) is 1. The first-order valence-corrected chi connectivity index (χ1v) is 10.2. The minimum Gasteiger partial charge on any atom is -0.356 e. The highest BCUT2D eigenvalue weighted by molar-refractivity contribution is 6.01. The number of carbonyl (C=O) groups is 2. The zero-order valence-electron chi connectivity index (χ0n) is 17.0. The Labute approximate surface area is 170 Å². The van der Waals surface area contributed by atoms with Crippen LogP contribution in [0.3, 0.4) is 0 Å². The van der Waals surface area contributed by atoms with Gasteiger partial charge in [-0.1, -0.05) is 49.4 Å². The molecule has 1 fully saturated rings. The van der Waals surface area contributed by atoms with E-state index >= 15 is 0 Å². The third-order valence-corrected chi connectivity index (χ3v) is 6.71. The Morgan fingerprint density at radius 1 is 1.10 bits per heavy atom. The second kappa shape index (κ2) is 6.21. The Morgan fingerprint density at radius 2 is 1.83 bits per heavy atom. The topological polar surface area (TPSA) is 56.4 Å². The van der Waals surface area contributed by atoms with Crippen LogP contribution in [0.2, 0.25) is 0 Å². The number of nitrogens with zero attached hydrogens (tertiary/aromatic N) is 2. The van der Waals surface area contributed by atoms with E-state index < -0.39 is 5.54 Å². The smallest absolute Gasteiger partial charge is 0.254 e. The number of aromatic amines is 1. The summed E-state index contributed by atoms with van der Waals surface area (Å²) in [5, 5.41) is 1.13. The molecule has 0 saturated carbocycles. The summed E-state index contributed by atoms with van der Waals surface area (Å²) in [6.07, 6.45) is 0.993. The van der Waals surface area contributed by atoms with Gasteiger partial charge in [0.15, 0.2) is 5.54 Å². The molecule has 2 amide bonds. The summed E-state index contributed by atoms with van der Waals surface area (Å²) in [6, 6.07) is 16.8. The third-order valence-electron chi connectivity index (χ3n) is 6.71. The van der Waals surface area contributed by atoms with Crippen molar-refractivity contribution in [3.8, 4) is 0 Å². The standard InChI is InChI=1S/C24H25N3O2/c1-4-15-9-11-16(12-10-15)18-13-27-20(28)14-26(3)23(29)24(27,2)22-21(18)17-7-5-6-8-19(17)25-22/h5-12,18,25H,4,13-14H2,1-3H3/t18-,24-/m0/s1. The summed E-state index contributed by atoms with van der Waals surface area (Å²) in [7, 11) is 1.71. The molecule has 148 valence electrons. The van der Waals surface area contributed by atoms with Crippen LogP contribution in [0.5, 0.6) is 0 Å². The van der Waals surface area contributed by atoms with Crippen molar-refractivity contribution in [2.24, 2.45) is 0 Å². The molecule has 5 nitrogen and oxygen atoms in total. The Balaban J connectivity index is 1.77. The molecule has 29 heavy (non-hydrogen) atoms. The molecule has 0 bridgehead atoms. The Bertz CT molecular complexity index is 1130. The number of piperazine rings is 1. The molecule has 3 heterocycles. The summed E-state index contributed by atoms with van der Waals surface area (Å²) >= 11 is 0. The van der Waals surface area contributed by atoms with Crippen LogP contribution < -0.4 is 0 Å². The number of nitrogens with one attached hydrogen (secondary N) is 1. The van der Waals surface area contributed by atoms with E-state index in [1.54, 1.807) is 16.8 Å². The van der Waals surface area contributed by atoms with Gasteiger partial charge in [-0.3, -0.25) is 9.59 Å². The van der Waals surface area contributed by atoms with Crippen LogP contribution in [0, 0.1) is 0 Å². The van der Waals surface area contributed by atoms with Gasteiger partial charge in [-0.05, 0) is 36.1 Å². The Morgan fingerprint density at radius 3 is 2.55 bits per heavy atom. The van der Waals surface area contributed by atoms with Gasteiger partial charge in [-0.2, -0.15) is 0 Å². The lowest BCUT2D eigenvalue weighted by atomic mass is 9.76. The fourth-order valence-corrected chi connectivity index (χ4v) is 5.06. The lowest BCUT2D eigenvalue weighted by Crippen LogP contribution is -2.66. The average molecular weight is 387 g/mol. The van der Waals surface area contributed by atoms with Gasteiger partial charge >= 0.3 is 0 Å². The number of aromatic nitrogens is 1. The maximum Gasteiger partial charge on any atom is 0.254 e. The molecular formula is C24H25N3O2. The highest BCUT2D eigenvalue weighted by atomic mass is 16.2. The van der Waals surface area contributed by atoms with E-state index in [0.29, 0.717) is 6.54 Å². The van der Waals surface area contributed by atoms with E-state index in [1.807, 2.05) is 25.1 Å². The van der Waals surface area contributed by atoms with Gasteiger partial charge in [0.2, 0.25) is 5.91 Å². The summed E-state index contributed by atoms with van der Waals surface area (Å²) in [5.41, 5.74) is 4.45. The molecule has 3 aromatic rings. The molecule has 5 rings (SSSR count). The molecule has 2 atom stereocenters. The first kappa shape index (κ1) is 18.0. The van der Waals surface area contributed by atoms with Crippen molar-refractivity contribution in [3.05, 3.63) is 70.9 Å². The van der Waals surface area contributed by atoms with Crippen LogP contribution in [-0.2, 0) is 21.5 Å². The molecule has 0 aliphatic carbocycles. The maximum absolute atomic E-state index is 13.3. The van der Waals surface area contributed by atoms with Crippen LogP contribution in [0.4, 0.5) is 0 Å². The van der Waals surface area contributed by atoms with Crippen LogP contribution in [0.15, 0.2) is 48.5 Å². The maximum atomic E-state index is 13.3. The number of fused-ring (bicyclic) bond motifs is 5. The van der Waals surface area contributed by atoms with E-state index in [4.69, 9.17) is 0 Å². The first-order valence-electron chi connectivity index (χ1n) is 10.2. The number of H-pyrrole nitrogens is 1.